The molecule has 0 aliphatic carbocycles. The Kier molecular flexibility index (Phi) is 3.43. The Labute approximate surface area is 107 Å². The van der Waals surface area contributed by atoms with Crippen molar-refractivity contribution in [1.82, 2.24) is 15.0 Å². The van der Waals surface area contributed by atoms with E-state index in [1.807, 2.05) is 56.4 Å². The minimum absolute atomic E-state index is 0.267. The topological polar surface area (TPSA) is 67.1 Å². The van der Waals surface area contributed by atoms with Gasteiger partial charge in [0, 0.05) is 25.2 Å². The Morgan fingerprint density at radius 2 is 1.78 bits per heavy atom. The van der Waals surface area contributed by atoms with E-state index in [9.17, 15) is 0 Å². The average molecular weight is 243 g/mol. The molecule has 1 heterocycles. The van der Waals surface area contributed by atoms with Crippen LogP contribution in [-0.2, 0) is 0 Å². The summed E-state index contributed by atoms with van der Waals surface area (Å²) in [7, 11) is 3.81. The van der Waals surface area contributed by atoms with Crippen LogP contribution in [-0.4, -0.2) is 29.1 Å². The van der Waals surface area contributed by atoms with E-state index in [0.717, 1.165) is 22.6 Å². The van der Waals surface area contributed by atoms with Crippen LogP contribution in [0.1, 0.15) is 5.56 Å². The highest BCUT2D eigenvalue weighted by Crippen LogP contribution is 2.26. The van der Waals surface area contributed by atoms with Crippen molar-refractivity contribution in [1.29, 1.82) is 0 Å². The zero-order chi connectivity index (χ0) is 13.1. The van der Waals surface area contributed by atoms with Gasteiger partial charge in [0.2, 0.25) is 5.95 Å². The van der Waals surface area contributed by atoms with Crippen molar-refractivity contribution in [2.75, 3.05) is 25.3 Å². The fourth-order valence-corrected chi connectivity index (χ4v) is 1.73. The first-order chi connectivity index (χ1) is 8.58. The molecule has 0 radical (unpaired) electrons. The Morgan fingerprint density at radius 1 is 1.11 bits per heavy atom. The summed E-state index contributed by atoms with van der Waals surface area (Å²) < 4.78 is 0. The summed E-state index contributed by atoms with van der Waals surface area (Å²) in [6, 6.07) is 9.95. The lowest BCUT2D eigenvalue weighted by atomic mass is 10.1. The molecule has 3 N–H and O–H groups in total. The van der Waals surface area contributed by atoms with E-state index < -0.39 is 0 Å². The first-order valence-electron chi connectivity index (χ1n) is 5.71. The van der Waals surface area contributed by atoms with Gasteiger partial charge in [0.15, 0.2) is 0 Å². The van der Waals surface area contributed by atoms with E-state index in [1.165, 1.54) is 0 Å². The third-order valence-corrected chi connectivity index (χ3v) is 2.54. The summed E-state index contributed by atoms with van der Waals surface area (Å²) in [6.45, 7) is 1.98. The second kappa shape index (κ2) is 5.01. The summed E-state index contributed by atoms with van der Waals surface area (Å²) in [5.41, 5.74) is 11.8. The number of nitrogens with two attached hydrogens (primary N) is 1. The number of anilines is 2. The zero-order valence-electron chi connectivity index (χ0n) is 10.8. The average Bonchev–Trinajstić information content (AvgIpc) is 2.34. The van der Waals surface area contributed by atoms with Crippen molar-refractivity contribution in [3.8, 4) is 11.3 Å². The number of hydrogen-bond donors (Lipinski definition) is 2. The number of nitrogen functional groups attached to an aromatic ring is 1. The molecule has 0 spiro atoms. The fourth-order valence-electron chi connectivity index (χ4n) is 1.73. The van der Waals surface area contributed by atoms with Gasteiger partial charge in [-0.1, -0.05) is 30.3 Å². The number of hydrogen-bond acceptors (Lipinski definition) is 5. The quantitative estimate of drug-likeness (QED) is 0.806. The van der Waals surface area contributed by atoms with Crippen LogP contribution in [0.5, 0.6) is 0 Å². The fraction of sp³-hybridized carbons (Fsp3) is 0.231. The van der Waals surface area contributed by atoms with Crippen LogP contribution in [0.4, 0.5) is 11.8 Å². The Bertz CT molecular complexity index is 537. The normalized spacial score (nSPS) is 10.7. The van der Waals surface area contributed by atoms with E-state index in [0.29, 0.717) is 0 Å². The highest BCUT2D eigenvalue weighted by molar-refractivity contribution is 5.69. The van der Waals surface area contributed by atoms with Gasteiger partial charge in [-0.05, 0) is 6.92 Å². The molecule has 1 aromatic carbocycles. The molecule has 0 atom stereocenters. The molecule has 5 nitrogen and oxygen atoms in total. The van der Waals surface area contributed by atoms with Crippen LogP contribution >= 0.6 is 0 Å². The largest absolute Gasteiger partial charge is 0.368 e. The Balaban J connectivity index is 2.51. The number of rotatable bonds is 3. The Morgan fingerprint density at radius 3 is 2.39 bits per heavy atom. The smallest absolute Gasteiger partial charge is 0.222 e. The second-order valence-corrected chi connectivity index (χ2v) is 4.28. The highest BCUT2D eigenvalue weighted by Gasteiger charge is 2.11. The van der Waals surface area contributed by atoms with Gasteiger partial charge < -0.3 is 11.2 Å². The van der Waals surface area contributed by atoms with Gasteiger partial charge in [-0.3, -0.25) is 0 Å². The molecule has 0 aliphatic heterocycles. The van der Waals surface area contributed by atoms with Crippen molar-refractivity contribution < 1.29 is 0 Å². The minimum atomic E-state index is 0.267. The molecule has 2 aromatic rings. The maximum atomic E-state index is 5.76. The van der Waals surface area contributed by atoms with Crippen molar-refractivity contribution >= 4 is 11.8 Å². The van der Waals surface area contributed by atoms with Gasteiger partial charge >= 0.3 is 0 Å². The molecule has 18 heavy (non-hydrogen) atoms. The van der Waals surface area contributed by atoms with Crippen LogP contribution in [0.3, 0.4) is 0 Å². The molecular formula is C13H17N5. The Hall–Kier alpha value is -2.14. The summed E-state index contributed by atoms with van der Waals surface area (Å²) in [5.74, 6) is 0.996. The molecule has 0 saturated heterocycles. The van der Waals surface area contributed by atoms with Crippen molar-refractivity contribution in [3.05, 3.63) is 35.9 Å². The summed E-state index contributed by atoms with van der Waals surface area (Å²) >= 11 is 0. The molecule has 0 amide bonds. The van der Waals surface area contributed by atoms with E-state index in [1.54, 1.807) is 0 Å². The van der Waals surface area contributed by atoms with Crippen molar-refractivity contribution in [3.63, 3.8) is 0 Å². The summed E-state index contributed by atoms with van der Waals surface area (Å²) in [6.07, 6.45) is 0. The van der Waals surface area contributed by atoms with E-state index in [-0.39, 0.29) is 5.95 Å². The minimum Gasteiger partial charge on any atom is -0.368 e. The summed E-state index contributed by atoms with van der Waals surface area (Å²) in [5, 5.41) is 1.82. The maximum absolute atomic E-state index is 5.76. The predicted octanol–water partition coefficient (Wildman–Crippen LogP) is 1.92. The molecule has 0 unspecified atom stereocenters. The van der Waals surface area contributed by atoms with Crippen LogP contribution < -0.4 is 11.2 Å². The van der Waals surface area contributed by atoms with Gasteiger partial charge in [0.05, 0.1) is 5.69 Å². The lowest BCUT2D eigenvalue weighted by Crippen LogP contribution is -2.22. The number of nitrogens with zero attached hydrogens (tertiary/aromatic N) is 3. The van der Waals surface area contributed by atoms with E-state index >= 15 is 0 Å². The standard InChI is InChI=1S/C13H17N5/c1-9-11(10-7-5-4-6-8-10)15-13(14)16-12(9)17-18(2)3/h4-8H,1-3H3,(H3,14,15,16,17). The first kappa shape index (κ1) is 12.3. The molecule has 0 bridgehead atoms. The number of nitrogens with one attached hydrogen (secondary N) is 1. The van der Waals surface area contributed by atoms with Crippen LogP contribution in [0, 0.1) is 6.92 Å². The van der Waals surface area contributed by atoms with Gasteiger partial charge in [-0.2, -0.15) is 4.98 Å². The monoisotopic (exact) mass is 243 g/mol. The predicted molar refractivity (Wildman–Crippen MR) is 73.9 cm³/mol. The molecule has 1 aromatic heterocycles. The van der Waals surface area contributed by atoms with Gasteiger partial charge in [-0.25, -0.2) is 9.99 Å². The molecule has 0 fully saturated rings. The second-order valence-electron chi connectivity index (χ2n) is 4.28. The van der Waals surface area contributed by atoms with Crippen molar-refractivity contribution in [2.24, 2.45) is 0 Å². The third-order valence-electron chi connectivity index (χ3n) is 2.54. The van der Waals surface area contributed by atoms with Crippen molar-refractivity contribution in [2.45, 2.75) is 6.92 Å². The summed E-state index contributed by atoms with van der Waals surface area (Å²) in [4.78, 5) is 8.53. The van der Waals surface area contributed by atoms with Gasteiger partial charge in [-0.15, -0.1) is 0 Å². The van der Waals surface area contributed by atoms with Crippen LogP contribution in [0.2, 0.25) is 0 Å². The highest BCUT2D eigenvalue weighted by atomic mass is 15.5. The number of benzene rings is 1. The van der Waals surface area contributed by atoms with Crippen LogP contribution in [0.15, 0.2) is 30.3 Å². The van der Waals surface area contributed by atoms with Gasteiger partial charge in [0.1, 0.15) is 5.82 Å². The molecule has 0 saturated carbocycles. The van der Waals surface area contributed by atoms with E-state index in [2.05, 4.69) is 15.4 Å². The first-order valence-corrected chi connectivity index (χ1v) is 5.71. The van der Waals surface area contributed by atoms with Crippen LogP contribution in [0.25, 0.3) is 11.3 Å². The SMILES string of the molecule is Cc1c(NN(C)C)nc(N)nc1-c1ccccc1. The third kappa shape index (κ3) is 2.57. The lowest BCUT2D eigenvalue weighted by molar-refractivity contribution is 0.491. The molecule has 5 heteroatoms. The molecular weight excluding hydrogens is 226 g/mol. The number of aromatic nitrogens is 2. The van der Waals surface area contributed by atoms with Gasteiger partial charge in [0.25, 0.3) is 0 Å². The number of hydrazine groups is 1. The lowest BCUT2D eigenvalue weighted by Gasteiger charge is -2.16. The molecule has 0 aliphatic rings. The maximum Gasteiger partial charge on any atom is 0.222 e. The molecule has 94 valence electrons. The zero-order valence-corrected chi connectivity index (χ0v) is 10.8. The van der Waals surface area contributed by atoms with E-state index in [4.69, 9.17) is 5.73 Å². The molecule has 2 rings (SSSR count).